The van der Waals surface area contributed by atoms with Crippen molar-refractivity contribution in [2.75, 3.05) is 13.2 Å². The third-order valence-electron chi connectivity index (χ3n) is 4.62. The largest absolute Gasteiger partial charge is 0.376 e. The minimum absolute atomic E-state index is 0.0366. The van der Waals surface area contributed by atoms with Crippen LogP contribution in [-0.4, -0.2) is 35.0 Å². The Morgan fingerprint density at radius 1 is 1.33 bits per heavy atom. The summed E-state index contributed by atoms with van der Waals surface area (Å²) in [6, 6.07) is 6.01. The Balaban J connectivity index is 1.90. The Hall–Kier alpha value is -2.14. The van der Waals surface area contributed by atoms with Gasteiger partial charge in [-0.05, 0) is 49.8 Å². The Kier molecular flexibility index (Phi) is 4.71. The number of amides is 1. The molecule has 5 nitrogen and oxygen atoms in total. The van der Waals surface area contributed by atoms with Gasteiger partial charge >= 0.3 is 0 Å². The SMILES string of the molecule is CC(=O)N(Cc1cc2cc(C)cc(C)c2[nH]c1=O)CC1CCCO1. The molecule has 0 saturated carbocycles. The number of benzene rings is 1. The third-order valence-corrected chi connectivity index (χ3v) is 4.62. The summed E-state index contributed by atoms with van der Waals surface area (Å²) >= 11 is 0. The fourth-order valence-electron chi connectivity index (χ4n) is 3.39. The molecule has 128 valence electrons. The van der Waals surface area contributed by atoms with Gasteiger partial charge in [-0.2, -0.15) is 0 Å². The lowest BCUT2D eigenvalue weighted by atomic mass is 10.0. The summed E-state index contributed by atoms with van der Waals surface area (Å²) in [5.74, 6) is -0.0366. The first-order chi connectivity index (χ1) is 11.4. The van der Waals surface area contributed by atoms with Gasteiger partial charge < -0.3 is 14.6 Å². The molecule has 1 fully saturated rings. The van der Waals surface area contributed by atoms with Crippen LogP contribution in [0.25, 0.3) is 10.9 Å². The lowest BCUT2D eigenvalue weighted by molar-refractivity contribution is -0.131. The van der Waals surface area contributed by atoms with Crippen molar-refractivity contribution in [1.29, 1.82) is 0 Å². The standard InChI is InChI=1S/C19H24N2O3/c1-12-7-13(2)18-15(8-12)9-16(19(23)20-18)10-21(14(3)22)11-17-5-4-6-24-17/h7-9,17H,4-6,10-11H2,1-3H3,(H,20,23). The number of fused-ring (bicyclic) bond motifs is 1. The number of hydrogen-bond donors (Lipinski definition) is 1. The fraction of sp³-hybridized carbons (Fsp3) is 0.474. The van der Waals surface area contributed by atoms with Crippen molar-refractivity contribution >= 4 is 16.8 Å². The zero-order valence-corrected chi connectivity index (χ0v) is 14.5. The van der Waals surface area contributed by atoms with Crippen molar-refractivity contribution in [2.45, 2.75) is 46.3 Å². The molecule has 1 N–H and O–H groups in total. The summed E-state index contributed by atoms with van der Waals surface area (Å²) in [5.41, 5.74) is 3.55. The van der Waals surface area contributed by atoms with Gasteiger partial charge in [-0.1, -0.05) is 11.6 Å². The monoisotopic (exact) mass is 328 g/mol. The summed E-state index contributed by atoms with van der Waals surface area (Å²) in [7, 11) is 0. The minimum atomic E-state index is -0.131. The second kappa shape index (κ2) is 6.77. The summed E-state index contributed by atoms with van der Waals surface area (Å²) in [6.07, 6.45) is 2.08. The van der Waals surface area contributed by atoms with Crippen molar-refractivity contribution in [2.24, 2.45) is 0 Å². The van der Waals surface area contributed by atoms with Crippen molar-refractivity contribution in [3.63, 3.8) is 0 Å². The number of H-pyrrole nitrogens is 1. The lowest BCUT2D eigenvalue weighted by Crippen LogP contribution is -2.36. The topological polar surface area (TPSA) is 62.4 Å². The predicted molar refractivity (Wildman–Crippen MR) is 94.1 cm³/mol. The summed E-state index contributed by atoms with van der Waals surface area (Å²) in [6.45, 7) is 7.18. The zero-order valence-electron chi connectivity index (χ0n) is 14.5. The van der Waals surface area contributed by atoms with Crippen molar-refractivity contribution in [1.82, 2.24) is 9.88 Å². The number of aromatic nitrogens is 1. The van der Waals surface area contributed by atoms with Crippen LogP contribution in [0.5, 0.6) is 0 Å². The first kappa shape index (κ1) is 16.7. The number of aromatic amines is 1. The van der Waals surface area contributed by atoms with E-state index in [1.54, 1.807) is 11.8 Å². The molecule has 0 aliphatic carbocycles. The molecule has 2 heterocycles. The molecule has 3 rings (SSSR count). The molecular weight excluding hydrogens is 304 g/mol. The Bertz CT molecular complexity index is 819. The molecule has 1 aromatic carbocycles. The number of hydrogen-bond acceptors (Lipinski definition) is 3. The number of ether oxygens (including phenoxy) is 1. The molecule has 0 spiro atoms. The van der Waals surface area contributed by atoms with Crippen molar-refractivity contribution < 1.29 is 9.53 Å². The summed E-state index contributed by atoms with van der Waals surface area (Å²) < 4.78 is 5.62. The summed E-state index contributed by atoms with van der Waals surface area (Å²) in [4.78, 5) is 29.1. The molecule has 2 aromatic rings. The van der Waals surface area contributed by atoms with Gasteiger partial charge in [0.1, 0.15) is 0 Å². The molecule has 0 radical (unpaired) electrons. The highest BCUT2D eigenvalue weighted by Gasteiger charge is 2.21. The van der Waals surface area contributed by atoms with Crippen LogP contribution < -0.4 is 5.56 Å². The van der Waals surface area contributed by atoms with Gasteiger partial charge in [-0.15, -0.1) is 0 Å². The van der Waals surface area contributed by atoms with Crippen LogP contribution in [0.4, 0.5) is 0 Å². The summed E-state index contributed by atoms with van der Waals surface area (Å²) in [5, 5.41) is 1.00. The molecule has 1 atom stereocenters. The maximum Gasteiger partial charge on any atom is 0.253 e. The van der Waals surface area contributed by atoms with Gasteiger partial charge in [0.25, 0.3) is 5.56 Å². The molecule has 1 amide bonds. The normalized spacial score (nSPS) is 17.4. The number of pyridine rings is 1. The Morgan fingerprint density at radius 3 is 2.79 bits per heavy atom. The van der Waals surface area contributed by atoms with E-state index in [0.29, 0.717) is 18.7 Å². The average Bonchev–Trinajstić information content (AvgIpc) is 3.01. The number of rotatable bonds is 4. The minimum Gasteiger partial charge on any atom is -0.376 e. The van der Waals surface area contributed by atoms with Crippen molar-refractivity contribution in [3.05, 3.63) is 45.2 Å². The van der Waals surface area contributed by atoms with E-state index >= 15 is 0 Å². The molecule has 1 aromatic heterocycles. The maximum atomic E-state index is 12.4. The lowest BCUT2D eigenvalue weighted by Gasteiger charge is -2.24. The Morgan fingerprint density at radius 2 is 2.12 bits per heavy atom. The van der Waals surface area contributed by atoms with Crippen LogP contribution in [-0.2, 0) is 16.1 Å². The molecular formula is C19H24N2O3. The van der Waals surface area contributed by atoms with E-state index in [-0.39, 0.29) is 17.6 Å². The van der Waals surface area contributed by atoms with Crippen LogP contribution in [0.2, 0.25) is 0 Å². The molecule has 1 aliphatic heterocycles. The highest BCUT2D eigenvalue weighted by Crippen LogP contribution is 2.19. The molecule has 1 saturated heterocycles. The Labute approximate surface area is 141 Å². The average molecular weight is 328 g/mol. The number of carbonyl (C=O) groups is 1. The number of carbonyl (C=O) groups excluding carboxylic acids is 1. The smallest absolute Gasteiger partial charge is 0.253 e. The van der Waals surface area contributed by atoms with Crippen LogP contribution in [0, 0.1) is 13.8 Å². The van der Waals surface area contributed by atoms with Crippen LogP contribution in [0.3, 0.4) is 0 Å². The zero-order chi connectivity index (χ0) is 17.3. The second-order valence-corrected chi connectivity index (χ2v) is 6.70. The number of nitrogens with zero attached hydrogens (tertiary/aromatic N) is 1. The second-order valence-electron chi connectivity index (χ2n) is 6.70. The van der Waals surface area contributed by atoms with E-state index in [9.17, 15) is 9.59 Å². The van der Waals surface area contributed by atoms with Gasteiger partial charge in [0.05, 0.1) is 18.2 Å². The molecule has 1 aliphatic rings. The highest BCUT2D eigenvalue weighted by atomic mass is 16.5. The van der Waals surface area contributed by atoms with Gasteiger partial charge in [0.2, 0.25) is 5.91 Å². The fourth-order valence-corrected chi connectivity index (χ4v) is 3.39. The van der Waals surface area contributed by atoms with E-state index in [1.165, 1.54) is 0 Å². The van der Waals surface area contributed by atoms with E-state index in [1.807, 2.05) is 19.9 Å². The third kappa shape index (κ3) is 3.51. The van der Waals surface area contributed by atoms with E-state index < -0.39 is 0 Å². The number of aryl methyl sites for hydroxylation is 2. The van der Waals surface area contributed by atoms with Gasteiger partial charge in [0.15, 0.2) is 0 Å². The predicted octanol–water partition coefficient (Wildman–Crippen LogP) is 2.67. The molecule has 0 bridgehead atoms. The van der Waals surface area contributed by atoms with Crippen LogP contribution in [0.1, 0.15) is 36.5 Å². The first-order valence-corrected chi connectivity index (χ1v) is 8.44. The van der Waals surface area contributed by atoms with E-state index in [4.69, 9.17) is 4.74 Å². The van der Waals surface area contributed by atoms with E-state index in [2.05, 4.69) is 17.1 Å². The molecule has 1 unspecified atom stereocenters. The molecule has 5 heteroatoms. The highest BCUT2D eigenvalue weighted by molar-refractivity contribution is 5.83. The van der Waals surface area contributed by atoms with Crippen LogP contribution in [0.15, 0.2) is 23.0 Å². The van der Waals surface area contributed by atoms with Gasteiger partial charge in [0, 0.05) is 25.6 Å². The van der Waals surface area contributed by atoms with Crippen LogP contribution >= 0.6 is 0 Å². The maximum absolute atomic E-state index is 12.4. The first-order valence-electron chi connectivity index (χ1n) is 8.44. The number of nitrogens with one attached hydrogen (secondary N) is 1. The van der Waals surface area contributed by atoms with Gasteiger partial charge in [-0.25, -0.2) is 0 Å². The van der Waals surface area contributed by atoms with E-state index in [0.717, 1.165) is 41.5 Å². The quantitative estimate of drug-likeness (QED) is 0.938. The van der Waals surface area contributed by atoms with Crippen molar-refractivity contribution in [3.8, 4) is 0 Å². The molecule has 24 heavy (non-hydrogen) atoms. The van der Waals surface area contributed by atoms with Gasteiger partial charge in [-0.3, -0.25) is 9.59 Å².